The summed E-state index contributed by atoms with van der Waals surface area (Å²) < 4.78 is 5.41. The molecule has 4 rings (SSSR count). The van der Waals surface area contributed by atoms with Crippen LogP contribution < -0.4 is 5.32 Å². The quantitative estimate of drug-likeness (QED) is 0.603. The fourth-order valence-corrected chi connectivity index (χ4v) is 3.89. The number of nitrogens with zero attached hydrogens (tertiary/aromatic N) is 2. The highest BCUT2D eigenvalue weighted by Gasteiger charge is 2.16. The molecule has 6 nitrogen and oxygen atoms in total. The number of fused-ring (bicyclic) bond motifs is 1. The fraction of sp³-hybridized carbons (Fsp3) is 0.435. The van der Waals surface area contributed by atoms with E-state index in [0.717, 1.165) is 55.0 Å². The molecular formula is C23H28N4O2. The standard InChI is InChI=1S/C23H28N4O2/c1-16(18-5-3-2-4-6-18)11-20(28)12-19-13-22-21(15-24-19)23(27-26-22)25-14-17-7-9-29-10-8-17/h2-6,13,15-17H,7-12,14H2,1H3,(H2,25,26,27)/t16-/m0/s1. The second-order valence-electron chi connectivity index (χ2n) is 7.96. The number of hydrogen-bond acceptors (Lipinski definition) is 5. The molecule has 1 aliphatic rings. The number of Topliss-reactive ketones (excluding diaryl/α,β-unsaturated/α-hetero) is 1. The van der Waals surface area contributed by atoms with Crippen molar-refractivity contribution in [3.05, 3.63) is 53.9 Å². The smallest absolute Gasteiger partial charge is 0.157 e. The number of ketones is 1. The first-order valence-corrected chi connectivity index (χ1v) is 10.4. The molecule has 0 spiro atoms. The minimum atomic E-state index is 0.200. The summed E-state index contributed by atoms with van der Waals surface area (Å²) in [5.74, 6) is 1.85. The molecule has 6 heteroatoms. The summed E-state index contributed by atoms with van der Waals surface area (Å²) in [4.78, 5) is 17.0. The van der Waals surface area contributed by atoms with Gasteiger partial charge in [0.2, 0.25) is 0 Å². The Morgan fingerprint density at radius 1 is 1.28 bits per heavy atom. The minimum Gasteiger partial charge on any atom is -0.381 e. The van der Waals surface area contributed by atoms with Gasteiger partial charge in [-0.05, 0) is 36.3 Å². The van der Waals surface area contributed by atoms with Crippen LogP contribution in [0.3, 0.4) is 0 Å². The molecule has 0 radical (unpaired) electrons. The van der Waals surface area contributed by atoms with Crippen molar-refractivity contribution in [2.45, 2.75) is 38.5 Å². The third-order valence-corrected chi connectivity index (χ3v) is 5.68. The molecule has 1 fully saturated rings. The van der Waals surface area contributed by atoms with Crippen molar-refractivity contribution in [1.29, 1.82) is 0 Å². The first kappa shape index (κ1) is 19.6. The molecule has 0 saturated carbocycles. The van der Waals surface area contributed by atoms with Crippen LogP contribution in [0.25, 0.3) is 10.9 Å². The Bertz CT molecular complexity index is 948. The van der Waals surface area contributed by atoms with Crippen LogP contribution in [0.2, 0.25) is 0 Å². The Morgan fingerprint density at radius 3 is 2.86 bits per heavy atom. The van der Waals surface area contributed by atoms with Gasteiger partial charge in [0.25, 0.3) is 0 Å². The first-order valence-electron chi connectivity index (χ1n) is 10.4. The van der Waals surface area contributed by atoms with Crippen molar-refractivity contribution in [2.24, 2.45) is 5.92 Å². The van der Waals surface area contributed by atoms with Gasteiger partial charge in [0.1, 0.15) is 5.78 Å². The van der Waals surface area contributed by atoms with Crippen LogP contribution in [-0.2, 0) is 16.0 Å². The molecule has 1 aromatic carbocycles. The van der Waals surface area contributed by atoms with Crippen molar-refractivity contribution in [1.82, 2.24) is 15.2 Å². The van der Waals surface area contributed by atoms with Gasteiger partial charge in [0.15, 0.2) is 5.82 Å². The molecular weight excluding hydrogens is 364 g/mol. The highest BCUT2D eigenvalue weighted by molar-refractivity contribution is 5.90. The van der Waals surface area contributed by atoms with E-state index in [1.165, 1.54) is 5.56 Å². The predicted octanol–water partition coefficient (Wildman–Crippen LogP) is 4.10. The van der Waals surface area contributed by atoms with E-state index in [-0.39, 0.29) is 11.7 Å². The highest BCUT2D eigenvalue weighted by Crippen LogP contribution is 2.23. The highest BCUT2D eigenvalue weighted by atomic mass is 16.5. The van der Waals surface area contributed by atoms with Crippen LogP contribution in [0.15, 0.2) is 42.6 Å². The van der Waals surface area contributed by atoms with E-state index in [2.05, 4.69) is 39.6 Å². The SMILES string of the molecule is C[C@@H](CC(=O)Cc1cc2[nH]nc(NCC3CCOCC3)c2cn1)c1ccccc1. The van der Waals surface area contributed by atoms with Crippen molar-refractivity contribution in [2.75, 3.05) is 25.1 Å². The number of rotatable bonds is 8. The minimum absolute atomic E-state index is 0.200. The predicted molar refractivity (Wildman–Crippen MR) is 114 cm³/mol. The third-order valence-electron chi connectivity index (χ3n) is 5.68. The van der Waals surface area contributed by atoms with Crippen molar-refractivity contribution in [3.8, 4) is 0 Å². The molecule has 2 N–H and O–H groups in total. The van der Waals surface area contributed by atoms with E-state index in [0.29, 0.717) is 18.8 Å². The molecule has 0 aliphatic carbocycles. The van der Waals surface area contributed by atoms with Gasteiger partial charge in [0, 0.05) is 44.5 Å². The van der Waals surface area contributed by atoms with Crippen LogP contribution in [0.1, 0.15) is 43.4 Å². The molecule has 3 aromatic rings. The number of ether oxygens (including phenoxy) is 1. The zero-order valence-corrected chi connectivity index (χ0v) is 16.9. The maximum atomic E-state index is 12.5. The molecule has 2 aromatic heterocycles. The normalized spacial score (nSPS) is 16.0. The van der Waals surface area contributed by atoms with Crippen LogP contribution in [0.5, 0.6) is 0 Å². The molecule has 0 bridgehead atoms. The van der Waals surface area contributed by atoms with Crippen LogP contribution in [0.4, 0.5) is 5.82 Å². The number of hydrogen-bond donors (Lipinski definition) is 2. The van der Waals surface area contributed by atoms with E-state index < -0.39 is 0 Å². The van der Waals surface area contributed by atoms with E-state index in [1.54, 1.807) is 0 Å². The third kappa shape index (κ3) is 5.01. The Morgan fingerprint density at radius 2 is 2.07 bits per heavy atom. The maximum absolute atomic E-state index is 12.5. The average molecular weight is 393 g/mol. The second kappa shape index (κ2) is 9.18. The van der Waals surface area contributed by atoms with Crippen molar-refractivity contribution < 1.29 is 9.53 Å². The summed E-state index contributed by atoms with van der Waals surface area (Å²) >= 11 is 0. The number of nitrogens with one attached hydrogen (secondary N) is 2. The molecule has 0 unspecified atom stereocenters. The summed E-state index contributed by atoms with van der Waals surface area (Å²) in [5, 5.41) is 11.9. The molecule has 3 heterocycles. The van der Waals surface area contributed by atoms with Gasteiger partial charge in [-0.1, -0.05) is 37.3 Å². The Labute approximate surface area is 171 Å². The fourth-order valence-electron chi connectivity index (χ4n) is 3.89. The number of H-pyrrole nitrogens is 1. The molecule has 1 saturated heterocycles. The van der Waals surface area contributed by atoms with Crippen LogP contribution in [-0.4, -0.2) is 40.7 Å². The zero-order valence-electron chi connectivity index (χ0n) is 16.9. The number of anilines is 1. The van der Waals surface area contributed by atoms with Crippen LogP contribution >= 0.6 is 0 Å². The molecule has 152 valence electrons. The molecule has 1 atom stereocenters. The molecule has 1 aliphatic heterocycles. The van der Waals surface area contributed by atoms with Gasteiger partial charge in [-0.2, -0.15) is 5.10 Å². The van der Waals surface area contributed by atoms with Gasteiger partial charge in [-0.25, -0.2) is 0 Å². The largest absolute Gasteiger partial charge is 0.381 e. The van der Waals surface area contributed by atoms with Gasteiger partial charge in [0.05, 0.1) is 10.9 Å². The topological polar surface area (TPSA) is 79.9 Å². The lowest BCUT2D eigenvalue weighted by Gasteiger charge is -2.22. The molecule has 0 amide bonds. The number of carbonyl (C=O) groups excluding carboxylic acids is 1. The number of pyridine rings is 1. The second-order valence-corrected chi connectivity index (χ2v) is 7.96. The zero-order chi connectivity index (χ0) is 20.1. The average Bonchev–Trinajstić information content (AvgIpc) is 3.15. The Hall–Kier alpha value is -2.73. The lowest BCUT2D eigenvalue weighted by atomic mass is 9.94. The van der Waals surface area contributed by atoms with Gasteiger partial charge in [-0.3, -0.25) is 14.9 Å². The Balaban J connectivity index is 1.35. The van der Waals surface area contributed by atoms with Gasteiger partial charge < -0.3 is 10.1 Å². The lowest BCUT2D eigenvalue weighted by Crippen LogP contribution is -2.22. The van der Waals surface area contributed by atoms with Gasteiger partial charge in [-0.15, -0.1) is 0 Å². The van der Waals surface area contributed by atoms with E-state index in [4.69, 9.17) is 4.74 Å². The van der Waals surface area contributed by atoms with E-state index in [1.807, 2.05) is 30.5 Å². The van der Waals surface area contributed by atoms with Crippen molar-refractivity contribution >= 4 is 22.5 Å². The monoisotopic (exact) mass is 392 g/mol. The number of aromatic nitrogens is 3. The summed E-state index contributed by atoms with van der Waals surface area (Å²) in [5.41, 5.74) is 2.88. The van der Waals surface area contributed by atoms with Gasteiger partial charge >= 0.3 is 0 Å². The number of carbonyl (C=O) groups is 1. The van der Waals surface area contributed by atoms with E-state index in [9.17, 15) is 4.79 Å². The summed E-state index contributed by atoms with van der Waals surface area (Å²) in [7, 11) is 0. The van der Waals surface area contributed by atoms with Crippen LogP contribution in [0, 0.1) is 5.92 Å². The lowest BCUT2D eigenvalue weighted by molar-refractivity contribution is -0.118. The number of aromatic amines is 1. The first-order chi connectivity index (χ1) is 14.2. The summed E-state index contributed by atoms with van der Waals surface area (Å²) in [6.07, 6.45) is 4.85. The summed E-state index contributed by atoms with van der Waals surface area (Å²) in [6.45, 7) is 4.67. The maximum Gasteiger partial charge on any atom is 0.157 e. The van der Waals surface area contributed by atoms with Crippen molar-refractivity contribution in [3.63, 3.8) is 0 Å². The summed E-state index contributed by atoms with van der Waals surface area (Å²) in [6, 6.07) is 12.1. The Kier molecular flexibility index (Phi) is 6.20. The molecule has 29 heavy (non-hydrogen) atoms. The van der Waals surface area contributed by atoms with E-state index >= 15 is 0 Å². The number of benzene rings is 1.